The van der Waals surface area contributed by atoms with Crippen molar-refractivity contribution >= 4 is 0 Å². The van der Waals surface area contributed by atoms with Gasteiger partial charge in [0, 0.05) is 7.05 Å². The lowest BCUT2D eigenvalue weighted by Crippen LogP contribution is -2.24. The molecule has 0 rings (SSSR count). The third-order valence-corrected chi connectivity index (χ3v) is 1.06. The highest BCUT2D eigenvalue weighted by molar-refractivity contribution is 4.51. The van der Waals surface area contributed by atoms with Crippen molar-refractivity contribution in [3.8, 4) is 0 Å². The van der Waals surface area contributed by atoms with Crippen molar-refractivity contribution in [1.29, 1.82) is 0 Å². The van der Waals surface area contributed by atoms with Crippen molar-refractivity contribution in [3.63, 3.8) is 0 Å². The quantitative estimate of drug-likeness (QED) is 0.552. The Labute approximate surface area is 51.1 Å². The minimum Gasteiger partial charge on any atom is -0.378 e. The predicted octanol–water partition coefficient (Wildman–Crippen LogP) is 0.828. The second-order valence-corrected chi connectivity index (χ2v) is 2.03. The van der Waals surface area contributed by atoms with Crippen LogP contribution in [0.25, 0.3) is 0 Å². The maximum absolute atomic E-state index is 8.99. The predicted molar refractivity (Wildman–Crippen MR) is 34.0 cm³/mol. The van der Waals surface area contributed by atoms with Crippen LogP contribution in [0.5, 0.6) is 0 Å². The van der Waals surface area contributed by atoms with Crippen LogP contribution in [-0.4, -0.2) is 23.3 Å². The minimum absolute atomic E-state index is 0.361. The molecule has 2 nitrogen and oxygen atoms in total. The normalized spacial score (nSPS) is 14.6. The van der Waals surface area contributed by atoms with Gasteiger partial charge in [-0.25, -0.2) is 0 Å². The number of nitrogens with zero attached hydrogens (tertiary/aromatic N) is 1. The summed E-state index contributed by atoms with van der Waals surface area (Å²) < 4.78 is 0. The zero-order valence-corrected chi connectivity index (χ0v) is 5.59. The summed E-state index contributed by atoms with van der Waals surface area (Å²) in [6, 6.07) is 0. The zero-order chi connectivity index (χ0) is 6.57. The number of rotatable bonds is 3. The van der Waals surface area contributed by atoms with Gasteiger partial charge in [-0.15, -0.1) is 0 Å². The summed E-state index contributed by atoms with van der Waals surface area (Å²) in [5.74, 6) is 0. The highest BCUT2D eigenvalue weighted by Crippen LogP contribution is 1.97. The molecule has 1 atom stereocenters. The topological polar surface area (TPSA) is 23.5 Å². The average Bonchev–Trinajstić information content (AvgIpc) is 1.67. The lowest BCUT2D eigenvalue weighted by atomic mass is 10.3. The molecular weight excluding hydrogens is 102 g/mol. The molecule has 0 heterocycles. The Balaban J connectivity index is 3.17. The van der Waals surface area contributed by atoms with Crippen LogP contribution in [0.3, 0.4) is 0 Å². The molecule has 0 saturated carbocycles. The van der Waals surface area contributed by atoms with Crippen LogP contribution in [-0.2, 0) is 0 Å². The third-order valence-electron chi connectivity index (χ3n) is 1.06. The van der Waals surface area contributed by atoms with Gasteiger partial charge in [-0.3, -0.25) is 4.90 Å². The molecule has 2 heteroatoms. The van der Waals surface area contributed by atoms with E-state index in [1.54, 1.807) is 11.9 Å². The summed E-state index contributed by atoms with van der Waals surface area (Å²) in [6.07, 6.45) is 1.45. The van der Waals surface area contributed by atoms with Gasteiger partial charge in [0.2, 0.25) is 0 Å². The molecule has 0 aliphatic heterocycles. The Hall–Kier alpha value is -0.0800. The van der Waals surface area contributed by atoms with Crippen molar-refractivity contribution < 1.29 is 5.11 Å². The van der Waals surface area contributed by atoms with Gasteiger partial charge in [0.25, 0.3) is 0 Å². The van der Waals surface area contributed by atoms with Crippen LogP contribution in [0.1, 0.15) is 19.8 Å². The molecular formula is C6H14NO. The first-order valence-corrected chi connectivity index (χ1v) is 2.90. The van der Waals surface area contributed by atoms with E-state index in [1.807, 2.05) is 6.92 Å². The molecule has 0 aromatic rings. The Morgan fingerprint density at radius 3 is 2.38 bits per heavy atom. The van der Waals surface area contributed by atoms with Gasteiger partial charge in [0.1, 0.15) is 6.23 Å². The van der Waals surface area contributed by atoms with E-state index < -0.39 is 0 Å². The summed E-state index contributed by atoms with van der Waals surface area (Å²) in [4.78, 5) is 1.56. The molecule has 0 aliphatic carbocycles. The Kier molecular flexibility index (Phi) is 3.83. The average molecular weight is 116 g/mol. The van der Waals surface area contributed by atoms with Crippen LogP contribution < -0.4 is 0 Å². The van der Waals surface area contributed by atoms with Gasteiger partial charge in [0.05, 0.1) is 0 Å². The van der Waals surface area contributed by atoms with Crippen LogP contribution in [0, 0.1) is 7.05 Å². The van der Waals surface area contributed by atoms with E-state index in [0.717, 1.165) is 12.8 Å². The molecule has 1 unspecified atom stereocenters. The molecule has 1 radical (unpaired) electrons. The fourth-order valence-electron chi connectivity index (χ4n) is 0.479. The second-order valence-electron chi connectivity index (χ2n) is 2.03. The van der Waals surface area contributed by atoms with Crippen LogP contribution in [0.2, 0.25) is 0 Å². The maximum atomic E-state index is 8.99. The van der Waals surface area contributed by atoms with Crippen LogP contribution >= 0.6 is 0 Å². The Morgan fingerprint density at radius 1 is 1.75 bits per heavy atom. The van der Waals surface area contributed by atoms with Crippen molar-refractivity contribution in [1.82, 2.24) is 4.90 Å². The largest absolute Gasteiger partial charge is 0.378 e. The summed E-state index contributed by atoms with van der Waals surface area (Å²) >= 11 is 0. The summed E-state index contributed by atoms with van der Waals surface area (Å²) in [5, 5.41) is 8.99. The standard InChI is InChI=1S/C6H14NO/c1-4-5-6(8)7(2)3/h6,8H,2,4-5H2,1,3H3. The smallest absolute Gasteiger partial charge is 0.107 e. The Morgan fingerprint density at radius 2 is 2.25 bits per heavy atom. The van der Waals surface area contributed by atoms with E-state index in [9.17, 15) is 0 Å². The van der Waals surface area contributed by atoms with Crippen LogP contribution in [0.15, 0.2) is 0 Å². The van der Waals surface area contributed by atoms with Gasteiger partial charge in [-0.05, 0) is 13.5 Å². The monoisotopic (exact) mass is 116 g/mol. The van der Waals surface area contributed by atoms with E-state index in [4.69, 9.17) is 5.11 Å². The first-order valence-electron chi connectivity index (χ1n) is 2.90. The third kappa shape index (κ3) is 2.99. The molecule has 1 N–H and O–H groups in total. The maximum Gasteiger partial charge on any atom is 0.107 e. The van der Waals surface area contributed by atoms with E-state index in [-0.39, 0.29) is 6.23 Å². The fourth-order valence-corrected chi connectivity index (χ4v) is 0.479. The molecule has 49 valence electrons. The van der Waals surface area contributed by atoms with Gasteiger partial charge in [0.15, 0.2) is 0 Å². The molecule has 0 aliphatic rings. The number of hydrogen-bond acceptors (Lipinski definition) is 2. The number of aliphatic hydroxyl groups is 1. The SMILES string of the molecule is [CH2]N(C)C(O)CCC. The van der Waals surface area contributed by atoms with Gasteiger partial charge < -0.3 is 5.11 Å². The van der Waals surface area contributed by atoms with Crippen LogP contribution in [0.4, 0.5) is 0 Å². The summed E-state index contributed by atoms with van der Waals surface area (Å²) in [6.45, 7) is 2.03. The first kappa shape index (κ1) is 7.92. The van der Waals surface area contributed by atoms with Crippen molar-refractivity contribution in [2.24, 2.45) is 0 Å². The highest BCUT2D eigenvalue weighted by Gasteiger charge is 2.02. The lowest BCUT2D eigenvalue weighted by molar-refractivity contribution is 0.0447. The molecule has 8 heavy (non-hydrogen) atoms. The van der Waals surface area contributed by atoms with Crippen molar-refractivity contribution in [2.45, 2.75) is 26.0 Å². The van der Waals surface area contributed by atoms with E-state index in [0.29, 0.717) is 0 Å². The van der Waals surface area contributed by atoms with Gasteiger partial charge in [-0.2, -0.15) is 0 Å². The van der Waals surface area contributed by atoms with E-state index in [2.05, 4.69) is 7.05 Å². The molecule has 0 bridgehead atoms. The fraction of sp³-hybridized carbons (Fsp3) is 0.833. The van der Waals surface area contributed by atoms with Crippen molar-refractivity contribution in [3.05, 3.63) is 7.05 Å². The summed E-state index contributed by atoms with van der Waals surface area (Å²) in [5.41, 5.74) is 0. The number of hydrogen-bond donors (Lipinski definition) is 1. The molecule has 0 saturated heterocycles. The minimum atomic E-state index is -0.361. The van der Waals surface area contributed by atoms with E-state index >= 15 is 0 Å². The highest BCUT2D eigenvalue weighted by atomic mass is 16.3. The van der Waals surface area contributed by atoms with Crippen molar-refractivity contribution in [2.75, 3.05) is 7.05 Å². The lowest BCUT2D eigenvalue weighted by Gasteiger charge is -2.16. The molecule has 0 spiro atoms. The van der Waals surface area contributed by atoms with E-state index in [1.165, 1.54) is 0 Å². The zero-order valence-electron chi connectivity index (χ0n) is 5.59. The molecule has 0 aromatic heterocycles. The molecule has 0 fully saturated rings. The molecule has 0 amide bonds. The van der Waals surface area contributed by atoms with Gasteiger partial charge >= 0.3 is 0 Å². The summed E-state index contributed by atoms with van der Waals surface area (Å²) in [7, 11) is 5.30. The second kappa shape index (κ2) is 3.87. The number of aliphatic hydroxyl groups excluding tert-OH is 1. The van der Waals surface area contributed by atoms with Gasteiger partial charge in [-0.1, -0.05) is 13.3 Å². The Bertz CT molecular complexity index is 54.5. The first-order chi connectivity index (χ1) is 3.68. The molecule has 0 aromatic carbocycles.